The highest BCUT2D eigenvalue weighted by Gasteiger charge is 2.21. The zero-order valence-electron chi connectivity index (χ0n) is 15.9. The number of nitrogens with zero attached hydrogens (tertiary/aromatic N) is 4. The van der Waals surface area contributed by atoms with Crippen LogP contribution >= 0.6 is 0 Å². The van der Waals surface area contributed by atoms with Crippen molar-refractivity contribution in [3.05, 3.63) is 60.2 Å². The molecular weight excluding hydrogens is 376 g/mol. The highest BCUT2D eigenvalue weighted by atomic mass is 16.4. The van der Waals surface area contributed by atoms with E-state index in [0.717, 1.165) is 4.68 Å². The molecule has 0 aliphatic heterocycles. The molecule has 0 fully saturated rings. The molecule has 3 rings (SSSR count). The fourth-order valence-corrected chi connectivity index (χ4v) is 2.64. The molecule has 2 heterocycles. The summed E-state index contributed by atoms with van der Waals surface area (Å²) in [6.07, 6.45) is 3.05. The van der Waals surface area contributed by atoms with E-state index in [-0.39, 0.29) is 11.6 Å². The van der Waals surface area contributed by atoms with Gasteiger partial charge in [-0.1, -0.05) is 0 Å². The van der Waals surface area contributed by atoms with Gasteiger partial charge >= 0.3 is 5.97 Å². The van der Waals surface area contributed by atoms with Crippen LogP contribution in [0.2, 0.25) is 0 Å². The number of aromatic carboxylic acids is 1. The first-order chi connectivity index (χ1) is 13.9. The van der Waals surface area contributed by atoms with E-state index in [1.807, 2.05) is 6.92 Å². The fraction of sp³-hybridized carbons (Fsp3) is 0.211. The van der Waals surface area contributed by atoms with E-state index < -0.39 is 17.9 Å². The van der Waals surface area contributed by atoms with Crippen molar-refractivity contribution in [3.63, 3.8) is 0 Å². The first-order valence-corrected chi connectivity index (χ1v) is 8.91. The van der Waals surface area contributed by atoms with E-state index in [4.69, 9.17) is 5.11 Å². The van der Waals surface area contributed by atoms with Gasteiger partial charge in [0.15, 0.2) is 5.69 Å². The van der Waals surface area contributed by atoms with Gasteiger partial charge in [-0.05, 0) is 50.2 Å². The largest absolute Gasteiger partial charge is 0.477 e. The van der Waals surface area contributed by atoms with Crippen molar-refractivity contribution in [2.24, 2.45) is 0 Å². The zero-order chi connectivity index (χ0) is 21.0. The maximum absolute atomic E-state index is 12.4. The number of carbonyl (C=O) groups excluding carboxylic acids is 2. The summed E-state index contributed by atoms with van der Waals surface area (Å²) in [6, 6.07) is 8.70. The number of anilines is 2. The molecule has 29 heavy (non-hydrogen) atoms. The molecule has 3 aromatic rings. The number of aryl methyl sites for hydroxylation is 1. The zero-order valence-corrected chi connectivity index (χ0v) is 15.9. The average Bonchev–Trinajstić information content (AvgIpc) is 3.38. The van der Waals surface area contributed by atoms with Crippen LogP contribution in [0.3, 0.4) is 0 Å². The number of rotatable bonds is 7. The molecule has 150 valence electrons. The molecular formula is C19H20N6O4. The van der Waals surface area contributed by atoms with Gasteiger partial charge in [0.1, 0.15) is 11.7 Å². The number of hydrogen-bond acceptors (Lipinski definition) is 5. The Morgan fingerprint density at radius 3 is 2.31 bits per heavy atom. The Morgan fingerprint density at radius 1 is 1.07 bits per heavy atom. The Balaban J connectivity index is 1.62. The molecule has 0 bridgehead atoms. The molecule has 0 saturated heterocycles. The summed E-state index contributed by atoms with van der Waals surface area (Å²) in [4.78, 5) is 35.8. The highest BCUT2D eigenvalue weighted by molar-refractivity contribution is 6.03. The van der Waals surface area contributed by atoms with Crippen molar-refractivity contribution in [2.75, 3.05) is 10.6 Å². The minimum atomic E-state index is -1.16. The molecule has 3 N–H and O–H groups in total. The van der Waals surface area contributed by atoms with Crippen LogP contribution in [0.15, 0.2) is 48.8 Å². The molecule has 1 unspecified atom stereocenters. The molecule has 1 aromatic carbocycles. The SMILES string of the molecule is CCn1ccc(C(=O)Nc2ccc(NC(=O)C(C)n3nccc3C(=O)O)cc2)n1. The first kappa shape index (κ1) is 19.8. The Hall–Kier alpha value is -3.95. The number of benzene rings is 1. The summed E-state index contributed by atoms with van der Waals surface area (Å²) < 4.78 is 2.80. The fourth-order valence-electron chi connectivity index (χ4n) is 2.64. The third kappa shape index (κ3) is 4.49. The third-order valence-electron chi connectivity index (χ3n) is 4.24. The number of nitrogens with one attached hydrogen (secondary N) is 2. The topological polar surface area (TPSA) is 131 Å². The Morgan fingerprint density at radius 2 is 1.72 bits per heavy atom. The van der Waals surface area contributed by atoms with Crippen LogP contribution in [0.4, 0.5) is 11.4 Å². The number of carbonyl (C=O) groups is 3. The van der Waals surface area contributed by atoms with Gasteiger partial charge in [-0.2, -0.15) is 10.2 Å². The Labute approximate surface area is 166 Å². The van der Waals surface area contributed by atoms with Crippen LogP contribution in [-0.2, 0) is 11.3 Å². The lowest BCUT2D eigenvalue weighted by Gasteiger charge is -2.14. The third-order valence-corrected chi connectivity index (χ3v) is 4.24. The van der Waals surface area contributed by atoms with E-state index in [2.05, 4.69) is 20.8 Å². The lowest BCUT2D eigenvalue weighted by atomic mass is 10.2. The van der Waals surface area contributed by atoms with Crippen LogP contribution in [0, 0.1) is 0 Å². The summed E-state index contributed by atoms with van der Waals surface area (Å²) in [5, 5.41) is 22.6. The van der Waals surface area contributed by atoms with Gasteiger partial charge in [0.2, 0.25) is 5.91 Å². The van der Waals surface area contributed by atoms with Crippen LogP contribution < -0.4 is 10.6 Å². The maximum Gasteiger partial charge on any atom is 0.354 e. The number of carboxylic acids is 1. The second-order valence-corrected chi connectivity index (χ2v) is 6.22. The molecule has 0 aliphatic carbocycles. The lowest BCUT2D eigenvalue weighted by molar-refractivity contribution is -0.119. The van der Waals surface area contributed by atoms with Crippen molar-refractivity contribution >= 4 is 29.2 Å². The highest BCUT2D eigenvalue weighted by Crippen LogP contribution is 2.17. The first-order valence-electron chi connectivity index (χ1n) is 8.91. The smallest absolute Gasteiger partial charge is 0.354 e. The van der Waals surface area contributed by atoms with Gasteiger partial charge < -0.3 is 15.7 Å². The van der Waals surface area contributed by atoms with Crippen LogP contribution in [0.25, 0.3) is 0 Å². The molecule has 0 aliphatic rings. The van der Waals surface area contributed by atoms with Crippen molar-refractivity contribution in [1.82, 2.24) is 19.6 Å². The molecule has 10 heteroatoms. The minimum Gasteiger partial charge on any atom is -0.477 e. The quantitative estimate of drug-likeness (QED) is 0.561. The van der Waals surface area contributed by atoms with Crippen molar-refractivity contribution < 1.29 is 19.5 Å². The predicted octanol–water partition coefficient (Wildman–Crippen LogP) is 2.25. The predicted molar refractivity (Wildman–Crippen MR) is 105 cm³/mol. The molecule has 2 aromatic heterocycles. The number of aromatic nitrogens is 4. The standard InChI is InChI=1S/C19H20N6O4/c1-3-24-11-9-15(23-24)18(27)22-14-6-4-13(5-7-14)21-17(26)12(2)25-16(19(28)29)8-10-20-25/h4-12H,3H2,1-2H3,(H,21,26)(H,22,27)(H,28,29). The van der Waals surface area contributed by atoms with Gasteiger partial charge in [0, 0.05) is 30.3 Å². The summed E-state index contributed by atoms with van der Waals surface area (Å²) in [7, 11) is 0. The van der Waals surface area contributed by atoms with Crippen molar-refractivity contribution in [1.29, 1.82) is 0 Å². The van der Waals surface area contributed by atoms with E-state index in [0.29, 0.717) is 23.6 Å². The molecule has 2 amide bonds. The molecule has 10 nitrogen and oxygen atoms in total. The van der Waals surface area contributed by atoms with Gasteiger partial charge in [-0.3, -0.25) is 14.3 Å². The van der Waals surface area contributed by atoms with Crippen molar-refractivity contribution in [2.45, 2.75) is 26.4 Å². The molecule has 1 atom stereocenters. The molecule has 0 saturated carbocycles. The number of amides is 2. The van der Waals surface area contributed by atoms with Crippen molar-refractivity contribution in [3.8, 4) is 0 Å². The minimum absolute atomic E-state index is 0.0729. The van der Waals surface area contributed by atoms with Crippen LogP contribution in [0.1, 0.15) is 40.9 Å². The number of hydrogen-bond donors (Lipinski definition) is 3. The lowest BCUT2D eigenvalue weighted by Crippen LogP contribution is -2.26. The summed E-state index contributed by atoms with van der Waals surface area (Å²) in [5.41, 5.74) is 1.29. The average molecular weight is 396 g/mol. The molecule has 0 radical (unpaired) electrons. The van der Waals surface area contributed by atoms with Gasteiger partial charge in [0.05, 0.1) is 0 Å². The van der Waals surface area contributed by atoms with Crippen LogP contribution in [-0.4, -0.2) is 42.5 Å². The van der Waals surface area contributed by atoms with E-state index in [9.17, 15) is 14.4 Å². The van der Waals surface area contributed by atoms with Gasteiger partial charge in [0.25, 0.3) is 5.91 Å². The normalized spacial score (nSPS) is 11.7. The monoisotopic (exact) mass is 396 g/mol. The molecule has 0 spiro atoms. The Bertz CT molecular complexity index is 1040. The van der Waals surface area contributed by atoms with E-state index in [1.54, 1.807) is 48.1 Å². The summed E-state index contributed by atoms with van der Waals surface area (Å²) in [6.45, 7) is 4.16. The van der Waals surface area contributed by atoms with Gasteiger partial charge in [-0.25, -0.2) is 9.48 Å². The second kappa shape index (κ2) is 8.38. The summed E-state index contributed by atoms with van der Waals surface area (Å²) in [5.74, 6) is -1.91. The van der Waals surface area contributed by atoms with Crippen LogP contribution in [0.5, 0.6) is 0 Å². The van der Waals surface area contributed by atoms with E-state index >= 15 is 0 Å². The number of carboxylic acid groups (broad SMARTS) is 1. The maximum atomic E-state index is 12.4. The summed E-state index contributed by atoms with van der Waals surface area (Å²) >= 11 is 0. The Kier molecular flexibility index (Phi) is 5.72. The second-order valence-electron chi connectivity index (χ2n) is 6.22. The van der Waals surface area contributed by atoms with E-state index in [1.165, 1.54) is 12.3 Å². The van der Waals surface area contributed by atoms with Gasteiger partial charge in [-0.15, -0.1) is 0 Å².